The fourth-order valence-electron chi connectivity index (χ4n) is 5.12. The van der Waals surface area contributed by atoms with Crippen molar-refractivity contribution in [2.75, 3.05) is 26.2 Å². The molecule has 0 aromatic heterocycles. The second kappa shape index (κ2) is 5.98. The van der Waals surface area contributed by atoms with E-state index < -0.39 is 5.60 Å². The number of ether oxygens (including phenoxy) is 1. The number of nitrogens with two attached hydrogens (primary N) is 1. The zero-order chi connectivity index (χ0) is 17.7. The molecule has 0 aliphatic carbocycles. The Balaban J connectivity index is 2.23. The summed E-state index contributed by atoms with van der Waals surface area (Å²) in [6.07, 6.45) is 1.82. The van der Waals surface area contributed by atoms with Crippen LogP contribution in [0, 0.1) is 16.7 Å². The molecule has 4 nitrogen and oxygen atoms in total. The Morgan fingerprint density at radius 1 is 1.17 bits per heavy atom. The summed E-state index contributed by atoms with van der Waals surface area (Å²) in [7, 11) is 0. The van der Waals surface area contributed by atoms with Gasteiger partial charge in [-0.05, 0) is 58.4 Å². The average Bonchev–Trinajstić information content (AvgIpc) is 2.75. The molecule has 2 saturated heterocycles. The van der Waals surface area contributed by atoms with E-state index in [1.165, 1.54) is 0 Å². The Labute approximate surface area is 142 Å². The van der Waals surface area contributed by atoms with Gasteiger partial charge < -0.3 is 15.6 Å². The SMILES string of the molecule is CC(C)N1CC2(C1)CC(C(C)CN)(C(C)(C)CC(C)(C)O)CO2. The van der Waals surface area contributed by atoms with Gasteiger partial charge in [0.2, 0.25) is 0 Å². The third-order valence-electron chi connectivity index (χ3n) is 6.51. The fourth-order valence-corrected chi connectivity index (χ4v) is 5.12. The molecular weight excluding hydrogens is 288 g/mol. The lowest BCUT2D eigenvalue weighted by Gasteiger charge is -2.53. The minimum absolute atomic E-state index is 0.00453. The van der Waals surface area contributed by atoms with Gasteiger partial charge >= 0.3 is 0 Å². The number of aliphatic hydroxyl groups is 1. The third-order valence-corrected chi connectivity index (χ3v) is 6.51. The molecule has 23 heavy (non-hydrogen) atoms. The molecule has 0 aromatic carbocycles. The van der Waals surface area contributed by atoms with Crippen molar-refractivity contribution in [1.29, 1.82) is 0 Å². The van der Waals surface area contributed by atoms with Crippen LogP contribution in [0.4, 0.5) is 0 Å². The maximum absolute atomic E-state index is 10.4. The molecule has 4 heteroatoms. The molecule has 2 atom stereocenters. The maximum atomic E-state index is 10.4. The highest BCUT2D eigenvalue weighted by Gasteiger charge is 2.62. The molecule has 0 amide bonds. The van der Waals surface area contributed by atoms with Crippen molar-refractivity contribution in [3.63, 3.8) is 0 Å². The van der Waals surface area contributed by atoms with E-state index in [4.69, 9.17) is 10.5 Å². The summed E-state index contributed by atoms with van der Waals surface area (Å²) in [5, 5.41) is 10.4. The van der Waals surface area contributed by atoms with Crippen molar-refractivity contribution in [2.24, 2.45) is 22.5 Å². The Kier molecular flexibility index (Phi) is 4.98. The van der Waals surface area contributed by atoms with Gasteiger partial charge in [0.25, 0.3) is 0 Å². The van der Waals surface area contributed by atoms with Crippen LogP contribution in [-0.2, 0) is 4.74 Å². The molecule has 2 fully saturated rings. The highest BCUT2D eigenvalue weighted by atomic mass is 16.5. The topological polar surface area (TPSA) is 58.7 Å². The first-order chi connectivity index (χ1) is 10.4. The first-order valence-electron chi connectivity index (χ1n) is 9.17. The largest absolute Gasteiger partial charge is 0.390 e. The molecular formula is C19H38N2O2. The Morgan fingerprint density at radius 3 is 2.17 bits per heavy atom. The zero-order valence-electron chi connectivity index (χ0n) is 16.3. The quantitative estimate of drug-likeness (QED) is 0.788. The van der Waals surface area contributed by atoms with Crippen LogP contribution in [0.15, 0.2) is 0 Å². The molecule has 2 rings (SSSR count). The van der Waals surface area contributed by atoms with Gasteiger partial charge in [0, 0.05) is 24.5 Å². The molecule has 136 valence electrons. The van der Waals surface area contributed by atoms with Crippen LogP contribution in [0.5, 0.6) is 0 Å². The number of nitrogens with zero attached hydrogens (tertiary/aromatic N) is 1. The van der Waals surface area contributed by atoms with Crippen molar-refractivity contribution in [3.05, 3.63) is 0 Å². The third kappa shape index (κ3) is 3.46. The van der Waals surface area contributed by atoms with E-state index in [0.29, 0.717) is 18.5 Å². The summed E-state index contributed by atoms with van der Waals surface area (Å²) in [5.74, 6) is 0.382. The lowest BCUT2D eigenvalue weighted by molar-refractivity contribution is -0.122. The van der Waals surface area contributed by atoms with Crippen LogP contribution in [-0.4, -0.2) is 53.5 Å². The van der Waals surface area contributed by atoms with Gasteiger partial charge in [-0.25, -0.2) is 0 Å². The van der Waals surface area contributed by atoms with Crippen molar-refractivity contribution in [2.45, 2.75) is 78.6 Å². The molecule has 3 N–H and O–H groups in total. The van der Waals surface area contributed by atoms with E-state index in [1.807, 2.05) is 13.8 Å². The van der Waals surface area contributed by atoms with Gasteiger partial charge in [-0.2, -0.15) is 0 Å². The molecule has 2 heterocycles. The van der Waals surface area contributed by atoms with Gasteiger partial charge in [0.05, 0.1) is 17.8 Å². The highest BCUT2D eigenvalue weighted by molar-refractivity contribution is 5.12. The van der Waals surface area contributed by atoms with Crippen LogP contribution in [0.3, 0.4) is 0 Å². The first kappa shape index (κ1) is 19.2. The van der Waals surface area contributed by atoms with Gasteiger partial charge in [0.1, 0.15) is 0 Å². The van der Waals surface area contributed by atoms with Crippen LogP contribution < -0.4 is 5.73 Å². The van der Waals surface area contributed by atoms with E-state index in [-0.39, 0.29) is 16.4 Å². The van der Waals surface area contributed by atoms with E-state index in [9.17, 15) is 5.11 Å². The smallest absolute Gasteiger partial charge is 0.0941 e. The van der Waals surface area contributed by atoms with Gasteiger partial charge in [-0.1, -0.05) is 20.8 Å². The summed E-state index contributed by atoms with van der Waals surface area (Å²) in [5.41, 5.74) is 5.43. The van der Waals surface area contributed by atoms with Gasteiger partial charge in [0.15, 0.2) is 0 Å². The van der Waals surface area contributed by atoms with Crippen LogP contribution >= 0.6 is 0 Å². The van der Waals surface area contributed by atoms with Gasteiger partial charge in [-0.15, -0.1) is 0 Å². The Morgan fingerprint density at radius 2 is 1.74 bits per heavy atom. The number of hydrogen-bond donors (Lipinski definition) is 2. The van der Waals surface area contributed by atoms with Crippen LogP contribution in [0.2, 0.25) is 0 Å². The van der Waals surface area contributed by atoms with Crippen molar-refractivity contribution >= 4 is 0 Å². The first-order valence-corrected chi connectivity index (χ1v) is 9.17. The molecule has 0 bridgehead atoms. The normalized spacial score (nSPS) is 30.0. The Hall–Kier alpha value is -0.160. The van der Waals surface area contributed by atoms with Gasteiger partial charge in [-0.3, -0.25) is 4.90 Å². The molecule has 2 aliphatic rings. The van der Waals surface area contributed by atoms with Crippen molar-refractivity contribution in [3.8, 4) is 0 Å². The highest BCUT2D eigenvalue weighted by Crippen LogP contribution is 2.59. The van der Waals surface area contributed by atoms with Crippen LogP contribution in [0.25, 0.3) is 0 Å². The molecule has 2 aliphatic heterocycles. The second-order valence-electron chi connectivity index (χ2n) is 9.81. The standard InChI is InChI=1S/C19H38N2O2/c1-14(2)21-11-18(12-21)10-19(13-23-18,15(3)8-20)16(4,5)9-17(6,7)22/h14-15,22H,8-13,20H2,1-7H3. The fraction of sp³-hybridized carbons (Fsp3) is 1.00. The van der Waals surface area contributed by atoms with E-state index in [2.05, 4.69) is 39.5 Å². The molecule has 0 radical (unpaired) electrons. The molecule has 0 saturated carbocycles. The molecule has 1 spiro atoms. The van der Waals surface area contributed by atoms with Crippen molar-refractivity contribution in [1.82, 2.24) is 4.90 Å². The molecule has 0 aromatic rings. The van der Waals surface area contributed by atoms with Crippen LogP contribution in [0.1, 0.15) is 61.3 Å². The summed E-state index contributed by atoms with van der Waals surface area (Å²) in [6, 6.07) is 0.579. The summed E-state index contributed by atoms with van der Waals surface area (Å²) >= 11 is 0. The molecule has 2 unspecified atom stereocenters. The zero-order valence-corrected chi connectivity index (χ0v) is 16.3. The second-order valence-corrected chi connectivity index (χ2v) is 9.81. The number of rotatable bonds is 6. The number of likely N-dealkylation sites (tertiary alicyclic amines) is 1. The monoisotopic (exact) mass is 326 g/mol. The minimum Gasteiger partial charge on any atom is -0.390 e. The average molecular weight is 327 g/mol. The summed E-state index contributed by atoms with van der Waals surface area (Å²) in [4.78, 5) is 2.48. The maximum Gasteiger partial charge on any atom is 0.0941 e. The minimum atomic E-state index is -0.676. The van der Waals surface area contributed by atoms with Crippen molar-refractivity contribution < 1.29 is 9.84 Å². The predicted octanol–water partition coefficient (Wildman–Crippen LogP) is 2.64. The number of hydrogen-bond acceptors (Lipinski definition) is 4. The summed E-state index contributed by atoms with van der Waals surface area (Å²) in [6.45, 7) is 18.6. The lowest BCUT2D eigenvalue weighted by atomic mass is 9.54. The Bertz CT molecular complexity index is 422. The van der Waals surface area contributed by atoms with E-state index in [1.54, 1.807) is 0 Å². The predicted molar refractivity (Wildman–Crippen MR) is 95.4 cm³/mol. The van der Waals surface area contributed by atoms with E-state index >= 15 is 0 Å². The van der Waals surface area contributed by atoms with E-state index in [0.717, 1.165) is 32.5 Å². The summed E-state index contributed by atoms with van der Waals surface area (Å²) < 4.78 is 6.42. The lowest BCUT2D eigenvalue weighted by Crippen LogP contribution is -2.64.